The zero-order chi connectivity index (χ0) is 46.7. The summed E-state index contributed by atoms with van der Waals surface area (Å²) in [5, 5.41) is 9.77. The van der Waals surface area contributed by atoms with Gasteiger partial charge in [-0.1, -0.05) is 69.9 Å². The Morgan fingerprint density at radius 1 is 0.625 bits per heavy atom. The maximum absolute atomic E-state index is 13.3. The Labute approximate surface area is 375 Å². The fraction of sp³-hybridized carbons (Fsp3) is 0.327. The lowest BCUT2D eigenvalue weighted by atomic mass is 9.93. The number of rotatable bonds is 16. The van der Waals surface area contributed by atoms with Crippen LogP contribution in [-0.2, 0) is 29.8 Å². The van der Waals surface area contributed by atoms with Gasteiger partial charge in [0.1, 0.15) is 21.1 Å². The van der Waals surface area contributed by atoms with Crippen LogP contribution in [0.4, 0.5) is 28.4 Å². The van der Waals surface area contributed by atoms with Crippen molar-refractivity contribution < 1.29 is 39.9 Å². The Morgan fingerprint density at radius 2 is 1.19 bits per heavy atom. The molecule has 0 spiro atoms. The highest BCUT2D eigenvalue weighted by molar-refractivity contribution is 7.86. The topological polar surface area (TPSA) is 204 Å². The summed E-state index contributed by atoms with van der Waals surface area (Å²) in [5.74, 6) is -0.142. The third kappa shape index (κ3) is 10.4. The number of hydrogen-bond donors (Lipinski definition) is 5. The molecule has 338 valence electrons. The van der Waals surface area contributed by atoms with Crippen LogP contribution in [0.2, 0.25) is 0 Å². The molecule has 2 aliphatic rings. The van der Waals surface area contributed by atoms with Gasteiger partial charge >= 0.3 is 0 Å². The number of fused-ring (bicyclic) bond motifs is 2. The molecule has 0 unspecified atom stereocenters. The molecule has 15 heteroatoms. The van der Waals surface area contributed by atoms with E-state index in [0.717, 1.165) is 66.5 Å². The highest BCUT2D eigenvalue weighted by Gasteiger charge is 2.27. The first-order valence-corrected chi connectivity index (χ1v) is 24.3. The molecule has 4 aromatic rings. The van der Waals surface area contributed by atoms with E-state index in [9.17, 15) is 35.5 Å². The van der Waals surface area contributed by atoms with Crippen LogP contribution >= 0.6 is 0 Å². The van der Waals surface area contributed by atoms with Crippen LogP contribution in [0.15, 0.2) is 85.9 Å². The summed E-state index contributed by atoms with van der Waals surface area (Å²) in [5.41, 5.74) is 8.28. The van der Waals surface area contributed by atoms with Gasteiger partial charge in [-0.05, 0) is 112 Å². The first-order valence-electron chi connectivity index (χ1n) is 21.4. The van der Waals surface area contributed by atoms with E-state index in [1.54, 1.807) is 38.1 Å². The lowest BCUT2D eigenvalue weighted by Gasteiger charge is -2.21. The van der Waals surface area contributed by atoms with Gasteiger partial charge in [0.05, 0.1) is 11.0 Å². The number of hydrogen-bond acceptors (Lipinski definition) is 9. The van der Waals surface area contributed by atoms with E-state index in [1.807, 2.05) is 39.8 Å². The predicted molar refractivity (Wildman–Crippen MR) is 253 cm³/mol. The summed E-state index contributed by atoms with van der Waals surface area (Å²) < 4.78 is 79.9. The van der Waals surface area contributed by atoms with Crippen molar-refractivity contribution in [3.63, 3.8) is 0 Å². The van der Waals surface area contributed by atoms with Crippen molar-refractivity contribution in [1.82, 2.24) is 0 Å². The van der Waals surface area contributed by atoms with Crippen LogP contribution in [0.1, 0.15) is 98.6 Å². The monoisotopic (exact) mass is 908 g/mol. The van der Waals surface area contributed by atoms with Gasteiger partial charge in [-0.15, -0.1) is 0 Å². The lowest BCUT2D eigenvalue weighted by Crippen LogP contribution is -2.17. The van der Waals surface area contributed by atoms with Crippen LogP contribution in [0.5, 0.6) is 0 Å². The standard InChI is InChI=1S/C49H56N4O9S2/c1-9-11-13-19-43(54)52-48-30(5)23-28(3)46(32(48)7)50-34-21-22-35-39(25-34)62-40-27-38(51-47-29(4)24-31(6)49(33(47)8)53-44(55)20-14-12-10-2)42(64(59,60)61)26-37(40)45(35)36-17-15-16-18-41(36)63(56,57)58/h15-18,21-27,50H,9-14,19-20H2,1-8H3,(H,52,54)(H,53,55)(H,56,57,58)(H,59,60,61)/b51-38+. The molecule has 6 rings (SSSR count). The fourth-order valence-corrected chi connectivity index (χ4v) is 9.65. The van der Waals surface area contributed by atoms with E-state index < -0.39 is 30.0 Å². The van der Waals surface area contributed by atoms with Crippen molar-refractivity contribution in [2.75, 3.05) is 16.0 Å². The molecule has 13 nitrogen and oxygen atoms in total. The van der Waals surface area contributed by atoms with Gasteiger partial charge in [0, 0.05) is 69.8 Å². The largest absolute Gasteiger partial charge is 0.456 e. The molecule has 0 atom stereocenters. The van der Waals surface area contributed by atoms with Crippen LogP contribution < -0.4 is 21.3 Å². The number of nitrogens with one attached hydrogen (secondary N) is 3. The molecule has 0 saturated carbocycles. The van der Waals surface area contributed by atoms with Gasteiger partial charge < -0.3 is 20.4 Å². The highest BCUT2D eigenvalue weighted by Crippen LogP contribution is 2.44. The van der Waals surface area contributed by atoms with Crippen molar-refractivity contribution in [3.8, 4) is 22.5 Å². The normalized spacial score (nSPS) is 12.2. The van der Waals surface area contributed by atoms with E-state index in [0.29, 0.717) is 52.1 Å². The van der Waals surface area contributed by atoms with Crippen LogP contribution in [0, 0.1) is 41.5 Å². The second-order valence-electron chi connectivity index (χ2n) is 16.4. The first-order chi connectivity index (χ1) is 30.2. The second kappa shape index (κ2) is 19.5. The molecule has 0 bridgehead atoms. The van der Waals surface area contributed by atoms with Crippen LogP contribution in [-0.4, -0.2) is 37.8 Å². The van der Waals surface area contributed by atoms with Gasteiger partial charge in [-0.3, -0.25) is 18.7 Å². The number of carbonyl (C=O) groups is 2. The molecule has 0 saturated heterocycles. The van der Waals surface area contributed by atoms with E-state index in [1.165, 1.54) is 30.3 Å². The fourth-order valence-electron chi connectivity index (χ4n) is 8.32. The number of unbranched alkanes of at least 4 members (excludes halogenated alkanes) is 4. The molecular weight excluding hydrogens is 853 g/mol. The minimum atomic E-state index is -4.99. The van der Waals surface area contributed by atoms with Gasteiger partial charge in [-0.25, -0.2) is 4.99 Å². The van der Waals surface area contributed by atoms with Crippen LogP contribution in [0.3, 0.4) is 0 Å². The minimum absolute atomic E-state index is 0.0524. The van der Waals surface area contributed by atoms with Crippen molar-refractivity contribution >= 4 is 71.5 Å². The molecule has 5 N–H and O–H groups in total. The lowest BCUT2D eigenvalue weighted by molar-refractivity contribution is -0.117. The minimum Gasteiger partial charge on any atom is -0.456 e. The number of aryl methyl sites for hydroxylation is 4. The van der Waals surface area contributed by atoms with Gasteiger partial charge in [0.2, 0.25) is 11.8 Å². The maximum Gasteiger partial charge on any atom is 0.296 e. The first kappa shape index (κ1) is 47.6. The summed E-state index contributed by atoms with van der Waals surface area (Å²) in [7, 11) is -9.80. The van der Waals surface area contributed by atoms with E-state index >= 15 is 0 Å². The third-order valence-corrected chi connectivity index (χ3v) is 13.3. The Hall–Kier alpha value is -5.87. The zero-order valence-electron chi connectivity index (χ0n) is 37.5. The van der Waals surface area contributed by atoms with Crippen molar-refractivity contribution in [2.24, 2.45) is 4.99 Å². The molecule has 0 aromatic heterocycles. The summed E-state index contributed by atoms with van der Waals surface area (Å²) in [6.45, 7) is 15.4. The van der Waals surface area contributed by atoms with Crippen LogP contribution in [0.25, 0.3) is 33.4 Å². The number of carbonyl (C=O) groups excluding carboxylic acids is 2. The van der Waals surface area contributed by atoms with Gasteiger partial charge in [-0.2, -0.15) is 16.8 Å². The molecule has 4 aromatic carbocycles. The third-order valence-electron chi connectivity index (χ3n) is 11.5. The predicted octanol–water partition coefficient (Wildman–Crippen LogP) is 11.6. The number of anilines is 4. The Morgan fingerprint density at radius 3 is 1.78 bits per heavy atom. The zero-order valence-corrected chi connectivity index (χ0v) is 39.2. The smallest absolute Gasteiger partial charge is 0.296 e. The van der Waals surface area contributed by atoms with Gasteiger partial charge in [0.15, 0.2) is 0 Å². The van der Waals surface area contributed by atoms with Crippen molar-refractivity contribution in [2.45, 2.75) is 117 Å². The Bertz CT molecular complexity index is 3070. The molecule has 1 heterocycles. The van der Waals surface area contributed by atoms with E-state index in [-0.39, 0.29) is 45.2 Å². The molecule has 1 aliphatic heterocycles. The van der Waals surface area contributed by atoms with Gasteiger partial charge in [0.25, 0.3) is 20.2 Å². The summed E-state index contributed by atoms with van der Waals surface area (Å²) in [4.78, 5) is 29.6. The molecule has 0 fully saturated rings. The Kier molecular flexibility index (Phi) is 14.5. The highest BCUT2D eigenvalue weighted by atomic mass is 32.2. The number of amides is 2. The van der Waals surface area contributed by atoms with Crippen molar-refractivity contribution in [3.05, 3.63) is 105 Å². The Balaban J connectivity index is 1.59. The molecular formula is C49H56N4O9S2. The second-order valence-corrected chi connectivity index (χ2v) is 19.2. The maximum atomic E-state index is 13.3. The average molecular weight is 909 g/mol. The number of nitrogens with zero attached hydrogens (tertiary/aromatic N) is 1. The molecule has 2 amide bonds. The average Bonchev–Trinajstić information content (AvgIpc) is 3.22. The van der Waals surface area contributed by atoms with E-state index in [4.69, 9.17) is 9.41 Å². The summed E-state index contributed by atoms with van der Waals surface area (Å²) in [6, 6.07) is 17.3. The van der Waals surface area contributed by atoms with E-state index in [2.05, 4.69) is 29.8 Å². The summed E-state index contributed by atoms with van der Waals surface area (Å²) in [6.07, 6.45) is 6.11. The molecule has 64 heavy (non-hydrogen) atoms. The SMILES string of the molecule is CCCCCC(=O)Nc1c(C)cc(C)c(/N=c2\cc3oc4cc(Nc5c(C)cc(C)c(NC(=O)CCCCC)c5C)ccc4c(-c4ccccc4S(=O)(=O)O)c-3cc2S(=O)(=O)O)c1C. The molecule has 1 aliphatic carbocycles. The number of benzene rings is 5. The summed E-state index contributed by atoms with van der Waals surface area (Å²) >= 11 is 0. The quantitative estimate of drug-likeness (QED) is 0.0353. The van der Waals surface area contributed by atoms with Crippen molar-refractivity contribution in [1.29, 1.82) is 0 Å². The molecule has 0 radical (unpaired) electrons.